The Kier molecular flexibility index (Phi) is 5.00. The highest BCUT2D eigenvalue weighted by atomic mass is 16.5. The second-order valence-corrected chi connectivity index (χ2v) is 3.61. The molecule has 1 unspecified atom stereocenters. The van der Waals surface area contributed by atoms with Gasteiger partial charge in [0.25, 0.3) is 0 Å². The van der Waals surface area contributed by atoms with Gasteiger partial charge in [-0.3, -0.25) is 0 Å². The van der Waals surface area contributed by atoms with Crippen LogP contribution < -0.4 is 14.2 Å². The Morgan fingerprint density at radius 2 is 1.78 bits per heavy atom. The molecular weight excluding hydrogens is 234 g/mol. The molecule has 1 rings (SSSR count). The van der Waals surface area contributed by atoms with Gasteiger partial charge >= 0.3 is 0 Å². The van der Waals surface area contributed by atoms with Crippen molar-refractivity contribution in [2.75, 3.05) is 21.3 Å². The van der Waals surface area contributed by atoms with Gasteiger partial charge in [0.1, 0.15) is 12.2 Å². The molecule has 0 aliphatic heterocycles. The van der Waals surface area contributed by atoms with Gasteiger partial charge in [-0.05, 0) is 24.1 Å². The Hall–Kier alpha value is -2.22. The molecule has 1 aromatic carbocycles. The molecule has 0 aliphatic carbocycles. The maximum atomic E-state index is 10.7. The zero-order chi connectivity index (χ0) is 13.5. The summed E-state index contributed by atoms with van der Waals surface area (Å²) in [4.78, 5) is 10.7. The van der Waals surface area contributed by atoms with Crippen molar-refractivity contribution in [1.82, 2.24) is 0 Å². The molecule has 0 spiro atoms. The number of aldehydes is 1. The zero-order valence-corrected chi connectivity index (χ0v) is 10.6. The van der Waals surface area contributed by atoms with Crippen molar-refractivity contribution < 1.29 is 19.0 Å². The van der Waals surface area contributed by atoms with Gasteiger partial charge < -0.3 is 19.0 Å². The van der Waals surface area contributed by atoms with E-state index in [0.717, 1.165) is 5.56 Å². The molecule has 1 aromatic rings. The summed E-state index contributed by atoms with van der Waals surface area (Å²) in [7, 11) is 4.55. The van der Waals surface area contributed by atoms with Crippen molar-refractivity contribution in [2.45, 2.75) is 6.42 Å². The lowest BCUT2D eigenvalue weighted by atomic mass is 10.0. The molecule has 18 heavy (non-hydrogen) atoms. The van der Waals surface area contributed by atoms with Crippen LogP contribution in [0, 0.1) is 17.2 Å². The van der Waals surface area contributed by atoms with Crippen LogP contribution in [0.5, 0.6) is 17.2 Å². The van der Waals surface area contributed by atoms with Crippen LogP contribution in [-0.4, -0.2) is 27.6 Å². The summed E-state index contributed by atoms with van der Waals surface area (Å²) in [6.45, 7) is 0. The number of hydrogen-bond acceptors (Lipinski definition) is 5. The van der Waals surface area contributed by atoms with Gasteiger partial charge in [-0.15, -0.1) is 0 Å². The van der Waals surface area contributed by atoms with Gasteiger partial charge in [-0.2, -0.15) is 5.26 Å². The molecule has 0 bridgehead atoms. The zero-order valence-electron chi connectivity index (χ0n) is 10.6. The van der Waals surface area contributed by atoms with E-state index in [9.17, 15) is 4.79 Å². The second-order valence-electron chi connectivity index (χ2n) is 3.61. The van der Waals surface area contributed by atoms with Gasteiger partial charge in [-0.25, -0.2) is 0 Å². The molecule has 0 saturated carbocycles. The van der Waals surface area contributed by atoms with Crippen molar-refractivity contribution in [3.63, 3.8) is 0 Å². The molecule has 0 heterocycles. The smallest absolute Gasteiger partial charge is 0.203 e. The summed E-state index contributed by atoms with van der Waals surface area (Å²) in [5.41, 5.74) is 0.781. The fourth-order valence-electron chi connectivity index (χ4n) is 1.63. The summed E-state index contributed by atoms with van der Waals surface area (Å²) < 4.78 is 15.6. The second kappa shape index (κ2) is 6.50. The molecule has 96 valence electrons. The molecular formula is C13H15NO4. The standard InChI is InChI=1S/C13H15NO4/c1-16-11-5-9(4-10(7-14)8-15)6-12(17-2)13(11)18-3/h5-6,8,10H,4H2,1-3H3. The first kappa shape index (κ1) is 13.8. The monoisotopic (exact) mass is 249 g/mol. The van der Waals surface area contributed by atoms with Crippen LogP contribution in [0.15, 0.2) is 12.1 Å². The quantitative estimate of drug-likeness (QED) is 0.716. The highest BCUT2D eigenvalue weighted by molar-refractivity contribution is 5.60. The molecule has 1 atom stereocenters. The largest absolute Gasteiger partial charge is 0.493 e. The molecule has 0 aliphatic rings. The maximum absolute atomic E-state index is 10.7. The number of benzene rings is 1. The van der Waals surface area contributed by atoms with Crippen LogP contribution in [0.4, 0.5) is 0 Å². The van der Waals surface area contributed by atoms with Gasteiger partial charge in [0.15, 0.2) is 11.5 Å². The van der Waals surface area contributed by atoms with Crippen molar-refractivity contribution in [1.29, 1.82) is 5.26 Å². The van der Waals surface area contributed by atoms with Gasteiger partial charge in [-0.1, -0.05) is 0 Å². The number of hydrogen-bond donors (Lipinski definition) is 0. The van der Waals surface area contributed by atoms with E-state index in [0.29, 0.717) is 30.0 Å². The Morgan fingerprint density at radius 1 is 1.22 bits per heavy atom. The SMILES string of the molecule is COc1cc(CC(C#N)C=O)cc(OC)c1OC. The lowest BCUT2D eigenvalue weighted by molar-refractivity contribution is -0.109. The first-order valence-corrected chi connectivity index (χ1v) is 5.33. The third-order valence-corrected chi connectivity index (χ3v) is 2.51. The minimum Gasteiger partial charge on any atom is -0.493 e. The van der Waals surface area contributed by atoms with Crippen LogP contribution in [0.3, 0.4) is 0 Å². The van der Waals surface area contributed by atoms with Gasteiger partial charge in [0.05, 0.1) is 27.4 Å². The topological polar surface area (TPSA) is 68.5 Å². The minimum atomic E-state index is -0.673. The Bertz CT molecular complexity index is 440. The fourth-order valence-corrected chi connectivity index (χ4v) is 1.63. The van der Waals surface area contributed by atoms with Gasteiger partial charge in [0.2, 0.25) is 5.75 Å². The number of ether oxygens (including phenoxy) is 3. The van der Waals surface area contributed by atoms with Gasteiger partial charge in [0, 0.05) is 0 Å². The van der Waals surface area contributed by atoms with E-state index < -0.39 is 5.92 Å². The fraction of sp³-hybridized carbons (Fsp3) is 0.385. The van der Waals surface area contributed by atoms with Crippen LogP contribution in [0.25, 0.3) is 0 Å². The Morgan fingerprint density at radius 3 is 2.11 bits per heavy atom. The minimum absolute atomic E-state index is 0.316. The normalized spacial score (nSPS) is 11.2. The maximum Gasteiger partial charge on any atom is 0.203 e. The highest BCUT2D eigenvalue weighted by Crippen LogP contribution is 2.38. The van der Waals surface area contributed by atoms with Crippen molar-refractivity contribution in [3.8, 4) is 23.3 Å². The van der Waals surface area contributed by atoms with Crippen molar-refractivity contribution >= 4 is 6.29 Å². The van der Waals surface area contributed by atoms with Crippen molar-refractivity contribution in [2.24, 2.45) is 5.92 Å². The summed E-state index contributed by atoms with van der Waals surface area (Å²) in [6, 6.07) is 5.39. The predicted octanol–water partition coefficient (Wildman–Crippen LogP) is 1.59. The number of nitrogens with zero attached hydrogens (tertiary/aromatic N) is 1. The van der Waals surface area contributed by atoms with E-state index in [1.807, 2.05) is 6.07 Å². The average molecular weight is 249 g/mol. The van der Waals surface area contributed by atoms with Crippen LogP contribution in [-0.2, 0) is 11.2 Å². The number of methoxy groups -OCH3 is 3. The van der Waals surface area contributed by atoms with E-state index in [4.69, 9.17) is 19.5 Å². The first-order valence-electron chi connectivity index (χ1n) is 5.33. The summed E-state index contributed by atoms with van der Waals surface area (Å²) in [6.07, 6.45) is 0.944. The van der Waals surface area contributed by atoms with E-state index in [1.54, 1.807) is 12.1 Å². The lowest BCUT2D eigenvalue weighted by Crippen LogP contribution is -2.04. The summed E-state index contributed by atoms with van der Waals surface area (Å²) in [5.74, 6) is 0.833. The van der Waals surface area contributed by atoms with Crippen LogP contribution in [0.2, 0.25) is 0 Å². The molecule has 5 nitrogen and oxygen atoms in total. The summed E-state index contributed by atoms with van der Waals surface area (Å²) in [5, 5.41) is 8.77. The third-order valence-electron chi connectivity index (χ3n) is 2.51. The van der Waals surface area contributed by atoms with Crippen LogP contribution >= 0.6 is 0 Å². The Balaban J connectivity index is 3.15. The molecule has 0 radical (unpaired) electrons. The number of carbonyl (C=O) groups excluding carboxylic acids is 1. The first-order chi connectivity index (χ1) is 8.69. The number of carbonyl (C=O) groups is 1. The average Bonchev–Trinajstić information content (AvgIpc) is 2.43. The molecule has 0 fully saturated rings. The molecule has 0 amide bonds. The van der Waals surface area contributed by atoms with E-state index in [2.05, 4.69) is 0 Å². The summed E-state index contributed by atoms with van der Waals surface area (Å²) >= 11 is 0. The van der Waals surface area contributed by atoms with E-state index >= 15 is 0 Å². The Labute approximate surface area is 106 Å². The van der Waals surface area contributed by atoms with E-state index in [-0.39, 0.29) is 0 Å². The predicted molar refractivity (Wildman–Crippen MR) is 65.0 cm³/mol. The molecule has 0 saturated heterocycles. The third kappa shape index (κ3) is 2.92. The van der Waals surface area contributed by atoms with Crippen molar-refractivity contribution in [3.05, 3.63) is 17.7 Å². The number of nitriles is 1. The molecule has 0 N–H and O–H groups in total. The van der Waals surface area contributed by atoms with Crippen LogP contribution in [0.1, 0.15) is 5.56 Å². The highest BCUT2D eigenvalue weighted by Gasteiger charge is 2.15. The number of rotatable bonds is 6. The molecule has 0 aromatic heterocycles. The van der Waals surface area contributed by atoms with E-state index in [1.165, 1.54) is 21.3 Å². The lowest BCUT2D eigenvalue weighted by Gasteiger charge is -2.14. The molecule has 5 heteroatoms.